The summed E-state index contributed by atoms with van der Waals surface area (Å²) < 4.78 is 0. The molecular formula is C19H15N. The van der Waals surface area contributed by atoms with Gasteiger partial charge in [0.15, 0.2) is 0 Å². The molecule has 0 unspecified atom stereocenters. The fraction of sp³-hybridized carbons (Fsp3) is 0.0526. The van der Waals surface area contributed by atoms with Gasteiger partial charge in [0, 0.05) is 22.0 Å². The van der Waals surface area contributed by atoms with Crippen molar-refractivity contribution in [2.24, 2.45) is 0 Å². The first kappa shape index (κ1) is 11.3. The molecule has 0 aliphatic heterocycles. The van der Waals surface area contributed by atoms with E-state index in [2.05, 4.69) is 78.6 Å². The van der Waals surface area contributed by atoms with Crippen molar-refractivity contribution in [3.8, 4) is 11.1 Å². The zero-order valence-electron chi connectivity index (χ0n) is 11.4. The number of rotatable bonds is 1. The van der Waals surface area contributed by atoms with Crippen LogP contribution in [0.15, 0.2) is 66.7 Å². The van der Waals surface area contributed by atoms with Crippen LogP contribution in [0.1, 0.15) is 5.69 Å². The highest BCUT2D eigenvalue weighted by Crippen LogP contribution is 2.35. The van der Waals surface area contributed by atoms with Gasteiger partial charge in [-0.05, 0) is 17.9 Å². The maximum absolute atomic E-state index is 3.57. The van der Waals surface area contributed by atoms with E-state index in [4.69, 9.17) is 0 Å². The van der Waals surface area contributed by atoms with E-state index in [1.807, 2.05) is 0 Å². The minimum Gasteiger partial charge on any atom is -0.358 e. The quantitative estimate of drug-likeness (QED) is 0.476. The van der Waals surface area contributed by atoms with Gasteiger partial charge in [-0.2, -0.15) is 0 Å². The van der Waals surface area contributed by atoms with Crippen LogP contribution in [0.3, 0.4) is 0 Å². The SMILES string of the molecule is Cc1[nH]c2c(ccc3ccccc32)c1-c1ccccc1. The maximum Gasteiger partial charge on any atom is 0.0542 e. The van der Waals surface area contributed by atoms with Crippen molar-refractivity contribution in [3.05, 3.63) is 72.4 Å². The highest BCUT2D eigenvalue weighted by atomic mass is 14.7. The molecule has 0 aliphatic rings. The minimum absolute atomic E-state index is 1.22. The summed E-state index contributed by atoms with van der Waals surface area (Å²) in [6.45, 7) is 2.15. The van der Waals surface area contributed by atoms with Gasteiger partial charge in [0.05, 0.1) is 5.52 Å². The van der Waals surface area contributed by atoms with Crippen LogP contribution in [0.4, 0.5) is 0 Å². The molecule has 0 amide bonds. The smallest absolute Gasteiger partial charge is 0.0542 e. The van der Waals surface area contributed by atoms with Crippen molar-refractivity contribution in [2.75, 3.05) is 0 Å². The maximum atomic E-state index is 3.57. The summed E-state index contributed by atoms with van der Waals surface area (Å²) in [5.41, 5.74) is 5.04. The molecule has 4 rings (SSSR count). The molecule has 0 bridgehead atoms. The number of H-pyrrole nitrogens is 1. The summed E-state index contributed by atoms with van der Waals surface area (Å²) in [6, 6.07) is 23.5. The highest BCUT2D eigenvalue weighted by molar-refractivity contribution is 6.11. The Morgan fingerprint density at radius 2 is 1.45 bits per heavy atom. The van der Waals surface area contributed by atoms with Crippen molar-refractivity contribution in [3.63, 3.8) is 0 Å². The van der Waals surface area contributed by atoms with E-state index in [1.54, 1.807) is 0 Å². The summed E-state index contributed by atoms with van der Waals surface area (Å²) in [5.74, 6) is 0. The summed E-state index contributed by atoms with van der Waals surface area (Å²) in [6.07, 6.45) is 0. The summed E-state index contributed by atoms with van der Waals surface area (Å²) in [5, 5.41) is 3.86. The molecule has 3 aromatic carbocycles. The first-order valence-corrected chi connectivity index (χ1v) is 6.90. The molecule has 0 saturated heterocycles. The van der Waals surface area contributed by atoms with Crippen LogP contribution < -0.4 is 0 Å². The molecule has 0 atom stereocenters. The van der Waals surface area contributed by atoms with Crippen molar-refractivity contribution < 1.29 is 0 Å². The fourth-order valence-corrected chi connectivity index (χ4v) is 3.04. The van der Waals surface area contributed by atoms with Gasteiger partial charge in [-0.15, -0.1) is 0 Å². The number of fused-ring (bicyclic) bond motifs is 3. The minimum atomic E-state index is 1.22. The van der Waals surface area contributed by atoms with E-state index in [1.165, 1.54) is 38.5 Å². The number of benzene rings is 3. The predicted octanol–water partition coefficient (Wildman–Crippen LogP) is 5.30. The molecular weight excluding hydrogens is 242 g/mol. The Morgan fingerprint density at radius 1 is 0.700 bits per heavy atom. The topological polar surface area (TPSA) is 15.8 Å². The third-order valence-electron chi connectivity index (χ3n) is 3.95. The molecule has 0 spiro atoms. The third-order valence-corrected chi connectivity index (χ3v) is 3.95. The molecule has 0 saturated carbocycles. The number of nitrogens with one attached hydrogen (secondary N) is 1. The van der Waals surface area contributed by atoms with E-state index < -0.39 is 0 Å². The third kappa shape index (κ3) is 1.56. The Labute approximate surface area is 117 Å². The van der Waals surface area contributed by atoms with Crippen molar-refractivity contribution >= 4 is 21.7 Å². The molecule has 1 N–H and O–H groups in total. The van der Waals surface area contributed by atoms with Crippen molar-refractivity contribution in [1.29, 1.82) is 0 Å². The van der Waals surface area contributed by atoms with Crippen LogP contribution in [0.5, 0.6) is 0 Å². The summed E-state index contributed by atoms with van der Waals surface area (Å²) >= 11 is 0. The van der Waals surface area contributed by atoms with Gasteiger partial charge < -0.3 is 4.98 Å². The second kappa shape index (κ2) is 4.24. The summed E-state index contributed by atoms with van der Waals surface area (Å²) in [7, 11) is 0. The molecule has 1 heterocycles. The lowest BCUT2D eigenvalue weighted by molar-refractivity contribution is 1.30. The van der Waals surface area contributed by atoms with E-state index in [0.717, 1.165) is 0 Å². The lowest BCUT2D eigenvalue weighted by Crippen LogP contribution is -1.78. The van der Waals surface area contributed by atoms with E-state index in [-0.39, 0.29) is 0 Å². The van der Waals surface area contributed by atoms with Crippen molar-refractivity contribution in [2.45, 2.75) is 6.92 Å². The normalized spacial score (nSPS) is 11.2. The van der Waals surface area contributed by atoms with Gasteiger partial charge in [-0.1, -0.05) is 66.7 Å². The van der Waals surface area contributed by atoms with Crippen LogP contribution in [0.25, 0.3) is 32.8 Å². The largest absolute Gasteiger partial charge is 0.358 e. The Morgan fingerprint density at radius 3 is 2.30 bits per heavy atom. The molecule has 0 fully saturated rings. The Kier molecular flexibility index (Phi) is 2.40. The Hall–Kier alpha value is -2.54. The van der Waals surface area contributed by atoms with Crippen LogP contribution in [0.2, 0.25) is 0 Å². The summed E-state index contributed by atoms with van der Waals surface area (Å²) in [4.78, 5) is 3.57. The molecule has 1 heteroatoms. The fourth-order valence-electron chi connectivity index (χ4n) is 3.04. The second-order valence-electron chi connectivity index (χ2n) is 5.20. The first-order valence-electron chi connectivity index (χ1n) is 6.90. The van der Waals surface area contributed by atoms with Crippen LogP contribution >= 0.6 is 0 Å². The van der Waals surface area contributed by atoms with Gasteiger partial charge in [0.1, 0.15) is 0 Å². The second-order valence-corrected chi connectivity index (χ2v) is 5.20. The lowest BCUT2D eigenvalue weighted by atomic mass is 10.00. The standard InChI is InChI=1S/C19H15N/c1-13-18(15-8-3-2-4-9-15)17-12-11-14-7-5-6-10-16(14)19(17)20-13/h2-12,20H,1H3. The zero-order chi connectivity index (χ0) is 13.5. The van der Waals surface area contributed by atoms with Gasteiger partial charge in [-0.3, -0.25) is 0 Å². The van der Waals surface area contributed by atoms with Gasteiger partial charge in [-0.25, -0.2) is 0 Å². The molecule has 1 aromatic heterocycles. The molecule has 20 heavy (non-hydrogen) atoms. The molecule has 0 aliphatic carbocycles. The number of aromatic nitrogens is 1. The van der Waals surface area contributed by atoms with Gasteiger partial charge in [0.2, 0.25) is 0 Å². The van der Waals surface area contributed by atoms with Crippen LogP contribution in [0, 0.1) is 6.92 Å². The average Bonchev–Trinajstić information content (AvgIpc) is 2.84. The number of aromatic amines is 1. The lowest BCUT2D eigenvalue weighted by Gasteiger charge is -2.02. The van der Waals surface area contributed by atoms with Gasteiger partial charge in [0.25, 0.3) is 0 Å². The number of hydrogen-bond donors (Lipinski definition) is 1. The highest BCUT2D eigenvalue weighted by Gasteiger charge is 2.11. The van der Waals surface area contributed by atoms with E-state index in [9.17, 15) is 0 Å². The van der Waals surface area contributed by atoms with Crippen molar-refractivity contribution in [1.82, 2.24) is 4.98 Å². The molecule has 96 valence electrons. The van der Waals surface area contributed by atoms with E-state index >= 15 is 0 Å². The Balaban J connectivity index is 2.13. The molecule has 1 nitrogen and oxygen atoms in total. The number of hydrogen-bond acceptors (Lipinski definition) is 0. The van der Waals surface area contributed by atoms with Gasteiger partial charge >= 0.3 is 0 Å². The first-order chi connectivity index (χ1) is 9.84. The average molecular weight is 257 g/mol. The molecule has 0 radical (unpaired) electrons. The molecule has 4 aromatic rings. The van der Waals surface area contributed by atoms with E-state index in [0.29, 0.717) is 0 Å². The number of aryl methyl sites for hydroxylation is 1. The Bertz CT molecular complexity index is 901. The predicted molar refractivity (Wildman–Crippen MR) is 86.0 cm³/mol. The zero-order valence-corrected chi connectivity index (χ0v) is 11.4. The van der Waals surface area contributed by atoms with Crippen LogP contribution in [-0.2, 0) is 0 Å². The monoisotopic (exact) mass is 257 g/mol. The van der Waals surface area contributed by atoms with Crippen LogP contribution in [-0.4, -0.2) is 4.98 Å².